The van der Waals surface area contributed by atoms with Crippen molar-refractivity contribution >= 4 is 46.4 Å². The quantitative estimate of drug-likeness (QED) is 0.199. The molecule has 0 nitrogen and oxygen atoms in total. The van der Waals surface area contributed by atoms with Crippen molar-refractivity contribution in [2.24, 2.45) is 0 Å². The Bertz CT molecular complexity index is 1480. The first-order chi connectivity index (χ1) is 20.3. The average Bonchev–Trinajstić information content (AvgIpc) is 3.08. The Hall–Kier alpha value is -3.12. The first-order valence-electron chi connectivity index (χ1n) is 14.1. The van der Waals surface area contributed by atoms with E-state index >= 15 is 0 Å². The molecule has 0 aromatic heterocycles. The molecule has 0 heterocycles. The van der Waals surface area contributed by atoms with E-state index in [1.54, 1.807) is 0 Å². The first kappa shape index (κ1) is 32.8. The summed E-state index contributed by atoms with van der Waals surface area (Å²) in [6.45, 7) is 0. The van der Waals surface area contributed by atoms with Crippen molar-refractivity contribution in [3.05, 3.63) is 194 Å². The van der Waals surface area contributed by atoms with Crippen LogP contribution in [0.4, 0.5) is 0 Å². The molecule has 6 aromatic rings. The van der Waals surface area contributed by atoms with Crippen LogP contribution in [0.2, 0.25) is 0 Å². The van der Waals surface area contributed by atoms with Crippen molar-refractivity contribution in [3.8, 4) is 0 Å². The minimum atomic E-state index is -2.08. The Kier molecular flexibility index (Phi) is 11.9. The average molecular weight is 724 g/mol. The number of halogens is 2. The predicted octanol–water partition coefficient (Wildman–Crippen LogP) is 1.50. The van der Waals surface area contributed by atoms with Gasteiger partial charge in [-0.15, -0.1) is 0 Å². The van der Waals surface area contributed by atoms with E-state index in [9.17, 15) is 0 Å². The van der Waals surface area contributed by atoms with Crippen molar-refractivity contribution in [3.63, 3.8) is 0 Å². The van der Waals surface area contributed by atoms with Crippen LogP contribution < -0.4 is 65.8 Å². The van der Waals surface area contributed by atoms with Crippen molar-refractivity contribution in [1.29, 1.82) is 0 Å². The second-order valence-corrected chi connectivity index (χ2v) is 16.9. The van der Waals surface area contributed by atoms with Gasteiger partial charge < -0.3 is 34.0 Å². The molecule has 0 aliphatic heterocycles. The van der Waals surface area contributed by atoms with Crippen LogP contribution in [0.15, 0.2) is 194 Å². The molecule has 0 amide bonds. The maximum Gasteiger partial charge on any atom is 0.136 e. The van der Waals surface area contributed by atoms with Gasteiger partial charge in [0.05, 0.1) is 12.0 Å². The molecule has 0 unspecified atom stereocenters. The molecule has 0 atom stereocenters. The van der Waals surface area contributed by atoms with Gasteiger partial charge in [0.15, 0.2) is 0 Å². The van der Waals surface area contributed by atoms with Crippen LogP contribution in [-0.2, 0) is 0 Å². The lowest BCUT2D eigenvalue weighted by Crippen LogP contribution is -3.00. The molecule has 0 saturated carbocycles. The largest absolute Gasteiger partial charge is 1.00 e. The minimum absolute atomic E-state index is 0. The summed E-state index contributed by atoms with van der Waals surface area (Å²) in [6.07, 6.45) is 3.46. The van der Waals surface area contributed by atoms with Gasteiger partial charge in [-0.3, -0.25) is 0 Å². The molecule has 0 radical (unpaired) electrons. The lowest BCUT2D eigenvalue weighted by molar-refractivity contribution is -0.00100. The maximum absolute atomic E-state index is 2.58. The zero-order valence-electron chi connectivity index (χ0n) is 23.8. The van der Waals surface area contributed by atoms with Gasteiger partial charge in [0.2, 0.25) is 0 Å². The predicted molar refractivity (Wildman–Crippen MR) is 184 cm³/mol. The summed E-state index contributed by atoms with van der Waals surface area (Å²) < 4.78 is 0. The van der Waals surface area contributed by atoms with Gasteiger partial charge in [0.1, 0.15) is 46.4 Å². The molecular weight excluding hydrogens is 690 g/mol. The number of rotatable bonds is 9. The van der Waals surface area contributed by atoms with Gasteiger partial charge in [-0.25, -0.2) is 0 Å². The fourth-order valence-electron chi connectivity index (χ4n) is 5.87. The summed E-state index contributed by atoms with van der Waals surface area (Å²) in [7, 11) is -4.06. The first-order valence-corrected chi connectivity index (χ1v) is 18.0. The third-order valence-corrected chi connectivity index (χ3v) is 16.1. The van der Waals surface area contributed by atoms with Crippen LogP contribution in [-0.4, -0.2) is 6.16 Å². The smallest absolute Gasteiger partial charge is 0.136 e. The lowest BCUT2D eigenvalue weighted by atomic mass is 10.4. The van der Waals surface area contributed by atoms with Crippen molar-refractivity contribution in [2.45, 2.75) is 0 Å². The van der Waals surface area contributed by atoms with Gasteiger partial charge in [0.25, 0.3) is 0 Å². The van der Waals surface area contributed by atoms with Crippen LogP contribution >= 0.6 is 14.5 Å². The van der Waals surface area contributed by atoms with Crippen LogP contribution in [0.25, 0.3) is 0 Å². The number of hydrogen-bond acceptors (Lipinski definition) is 0. The molecule has 0 saturated heterocycles. The molecule has 6 rings (SSSR count). The van der Waals surface area contributed by atoms with E-state index in [1.807, 2.05) is 0 Å². The Morgan fingerprint density at radius 3 is 0.814 bits per heavy atom. The second kappa shape index (κ2) is 15.6. The van der Waals surface area contributed by atoms with Gasteiger partial charge >= 0.3 is 0 Å². The minimum Gasteiger partial charge on any atom is -1.00 e. The Labute approximate surface area is 278 Å². The molecular formula is C39H34Br2P2. The summed E-state index contributed by atoms with van der Waals surface area (Å²) in [5, 5.41) is 8.34. The van der Waals surface area contributed by atoms with Crippen molar-refractivity contribution in [2.75, 3.05) is 6.16 Å². The van der Waals surface area contributed by atoms with Gasteiger partial charge in [0, 0.05) is 0 Å². The second-order valence-electron chi connectivity index (χ2n) is 10.1. The maximum atomic E-state index is 2.58. The summed E-state index contributed by atoms with van der Waals surface area (Å²) in [4.78, 5) is 0. The fourth-order valence-corrected chi connectivity index (χ4v) is 13.8. The van der Waals surface area contributed by atoms with Crippen molar-refractivity contribution < 1.29 is 34.0 Å². The summed E-state index contributed by atoms with van der Waals surface area (Å²) in [5.74, 6) is 2.58. The molecule has 0 spiro atoms. The number of allylic oxidation sites excluding steroid dienone is 1. The van der Waals surface area contributed by atoms with Gasteiger partial charge in [-0.2, -0.15) is 0 Å². The molecule has 43 heavy (non-hydrogen) atoms. The van der Waals surface area contributed by atoms with E-state index in [1.165, 1.54) is 31.8 Å². The molecule has 0 bridgehead atoms. The van der Waals surface area contributed by atoms with Crippen LogP contribution in [0.5, 0.6) is 0 Å². The third-order valence-electron chi connectivity index (χ3n) is 7.79. The van der Waals surface area contributed by atoms with E-state index in [0.29, 0.717) is 0 Å². The summed E-state index contributed by atoms with van der Waals surface area (Å²) >= 11 is 0. The molecule has 4 heteroatoms. The van der Waals surface area contributed by atoms with E-state index < -0.39 is 14.5 Å². The number of hydrogen-bond donors (Lipinski definition) is 0. The monoisotopic (exact) mass is 722 g/mol. The highest BCUT2D eigenvalue weighted by atomic mass is 79.9. The van der Waals surface area contributed by atoms with Crippen LogP contribution in [0.1, 0.15) is 0 Å². The highest BCUT2D eigenvalue weighted by Crippen LogP contribution is 2.59. The zero-order chi connectivity index (χ0) is 27.8. The van der Waals surface area contributed by atoms with Gasteiger partial charge in [-0.1, -0.05) is 109 Å². The Morgan fingerprint density at radius 1 is 0.326 bits per heavy atom. The van der Waals surface area contributed by atoms with Crippen LogP contribution in [0.3, 0.4) is 0 Å². The fraction of sp³-hybridized carbons (Fsp3) is 0.0256. The zero-order valence-corrected chi connectivity index (χ0v) is 28.8. The lowest BCUT2D eigenvalue weighted by Gasteiger charge is -2.27. The highest BCUT2D eigenvalue weighted by molar-refractivity contribution is 7.98. The van der Waals surface area contributed by atoms with E-state index in [4.69, 9.17) is 0 Å². The van der Waals surface area contributed by atoms with Crippen molar-refractivity contribution in [1.82, 2.24) is 0 Å². The molecule has 6 aromatic carbocycles. The highest BCUT2D eigenvalue weighted by Gasteiger charge is 2.47. The van der Waals surface area contributed by atoms with E-state index in [2.05, 4.69) is 194 Å². The Balaban J connectivity index is 0.00000212. The van der Waals surface area contributed by atoms with E-state index in [-0.39, 0.29) is 34.0 Å². The van der Waals surface area contributed by atoms with E-state index in [0.717, 1.165) is 6.16 Å². The SMILES string of the molecule is C(=C[P+](c1ccccc1)(c1ccccc1)c1ccccc1)C[P+](c1ccccc1)(c1ccccc1)c1ccccc1.[Br-].[Br-]. The molecule has 0 aliphatic rings. The molecule has 0 N–H and O–H groups in total. The molecule has 214 valence electrons. The Morgan fingerprint density at radius 2 is 0.558 bits per heavy atom. The number of benzene rings is 6. The van der Waals surface area contributed by atoms with Crippen LogP contribution in [0, 0.1) is 0 Å². The summed E-state index contributed by atoms with van der Waals surface area (Å²) in [6, 6.07) is 66.8. The topological polar surface area (TPSA) is 0 Å². The molecule has 0 aliphatic carbocycles. The summed E-state index contributed by atoms with van der Waals surface area (Å²) in [5.41, 5.74) is 0. The van der Waals surface area contributed by atoms with Gasteiger partial charge in [-0.05, 0) is 78.9 Å². The third kappa shape index (κ3) is 6.69. The molecule has 0 fully saturated rings. The standard InChI is InChI=1S/C39H34P2.2BrH/c1-7-20-34(21-8-1)40(35-22-9-2-10-23-35,36-24-11-3-12-25-36)32-19-33-41(37-26-13-4-14-27-37,38-28-15-5-16-29-38)39-30-17-6-18-31-39;;/h1-32H,33H2;2*1H/q+2;;/p-2. The normalized spacial score (nSPS) is 11.3.